The minimum absolute atomic E-state index is 0.196. The predicted molar refractivity (Wildman–Crippen MR) is 109 cm³/mol. The smallest absolute Gasteiger partial charge is 0.287 e. The number of fused-ring (bicyclic) bond motifs is 1. The Morgan fingerprint density at radius 1 is 1.07 bits per heavy atom. The minimum Gasteiger partial charge on any atom is -0.489 e. The van der Waals surface area contributed by atoms with Crippen LogP contribution in [0.3, 0.4) is 0 Å². The quantitative estimate of drug-likeness (QED) is 0.661. The zero-order valence-corrected chi connectivity index (χ0v) is 15.8. The first kappa shape index (κ1) is 18.5. The summed E-state index contributed by atoms with van der Waals surface area (Å²) >= 11 is 0. The zero-order valence-electron chi connectivity index (χ0n) is 15.8. The summed E-state index contributed by atoms with van der Waals surface area (Å²) in [5, 5.41) is 7.24. The Bertz CT molecular complexity index is 917. The standard InChI is InChI=1S/C22H25N3O3/c26-22(24-12-15-25-13-10-23-11-14-25)21-19(16-27-17-6-2-1-3-7-17)18-8-4-5-9-20(18)28-21/h1-9,23H,10-16H2,(H,24,26). The van der Waals surface area contributed by atoms with Crippen molar-refractivity contribution in [2.75, 3.05) is 39.3 Å². The number of ether oxygens (including phenoxy) is 1. The summed E-state index contributed by atoms with van der Waals surface area (Å²) in [5.41, 5.74) is 1.47. The van der Waals surface area contributed by atoms with Gasteiger partial charge in [0.05, 0.1) is 0 Å². The molecule has 1 saturated heterocycles. The molecule has 0 bridgehead atoms. The molecule has 3 aromatic rings. The number of carbonyl (C=O) groups excluding carboxylic acids is 1. The van der Waals surface area contributed by atoms with Gasteiger partial charge in [0.25, 0.3) is 5.91 Å². The zero-order chi connectivity index (χ0) is 19.2. The Labute approximate surface area is 164 Å². The van der Waals surface area contributed by atoms with Crippen LogP contribution in [-0.4, -0.2) is 50.1 Å². The second-order valence-corrected chi connectivity index (χ2v) is 6.86. The van der Waals surface area contributed by atoms with Gasteiger partial charge in [0.2, 0.25) is 0 Å². The van der Waals surface area contributed by atoms with Crippen molar-refractivity contribution in [1.29, 1.82) is 0 Å². The molecule has 2 N–H and O–H groups in total. The van der Waals surface area contributed by atoms with Crippen LogP contribution in [0.2, 0.25) is 0 Å². The highest BCUT2D eigenvalue weighted by molar-refractivity contribution is 5.99. The van der Waals surface area contributed by atoms with Gasteiger partial charge in [-0.25, -0.2) is 0 Å². The van der Waals surface area contributed by atoms with E-state index in [9.17, 15) is 4.79 Å². The average Bonchev–Trinajstić information content (AvgIpc) is 3.12. The number of amides is 1. The van der Waals surface area contributed by atoms with Crippen molar-refractivity contribution in [3.8, 4) is 5.75 Å². The van der Waals surface area contributed by atoms with Crippen molar-refractivity contribution in [2.24, 2.45) is 0 Å². The highest BCUT2D eigenvalue weighted by Crippen LogP contribution is 2.27. The topological polar surface area (TPSA) is 66.7 Å². The van der Waals surface area contributed by atoms with Gasteiger partial charge in [0.1, 0.15) is 17.9 Å². The Kier molecular flexibility index (Phi) is 5.89. The van der Waals surface area contributed by atoms with Gasteiger partial charge in [-0.15, -0.1) is 0 Å². The van der Waals surface area contributed by atoms with Crippen LogP contribution in [0.4, 0.5) is 0 Å². The first-order chi connectivity index (χ1) is 13.8. The Morgan fingerprint density at radius 2 is 1.82 bits per heavy atom. The molecule has 28 heavy (non-hydrogen) atoms. The number of rotatable bonds is 7. The lowest BCUT2D eigenvalue weighted by Gasteiger charge is -2.27. The summed E-state index contributed by atoms with van der Waals surface area (Å²) in [6.45, 7) is 5.73. The van der Waals surface area contributed by atoms with Crippen molar-refractivity contribution in [2.45, 2.75) is 6.61 Å². The second kappa shape index (κ2) is 8.91. The molecule has 0 radical (unpaired) electrons. The van der Waals surface area contributed by atoms with E-state index in [2.05, 4.69) is 15.5 Å². The SMILES string of the molecule is O=C(NCCN1CCNCC1)c1oc2ccccc2c1COc1ccccc1. The number of furan rings is 1. The van der Waals surface area contributed by atoms with Crippen LogP contribution in [0.1, 0.15) is 16.1 Å². The average molecular weight is 379 g/mol. The molecule has 0 spiro atoms. The van der Waals surface area contributed by atoms with Gasteiger partial charge < -0.3 is 19.8 Å². The normalized spacial score (nSPS) is 14.9. The molecule has 1 aromatic heterocycles. The van der Waals surface area contributed by atoms with Crippen molar-refractivity contribution in [1.82, 2.24) is 15.5 Å². The molecule has 6 heteroatoms. The van der Waals surface area contributed by atoms with E-state index in [0.29, 0.717) is 17.9 Å². The molecular weight excluding hydrogens is 354 g/mol. The molecule has 2 heterocycles. The molecule has 1 aliphatic rings. The van der Waals surface area contributed by atoms with Gasteiger partial charge in [-0.3, -0.25) is 9.69 Å². The molecule has 0 saturated carbocycles. The van der Waals surface area contributed by atoms with E-state index >= 15 is 0 Å². The van der Waals surface area contributed by atoms with Gasteiger partial charge in [-0.2, -0.15) is 0 Å². The molecular formula is C22H25N3O3. The van der Waals surface area contributed by atoms with Crippen molar-refractivity contribution in [3.05, 3.63) is 65.9 Å². The van der Waals surface area contributed by atoms with Gasteiger partial charge in [0.15, 0.2) is 5.76 Å². The number of benzene rings is 2. The fourth-order valence-corrected chi connectivity index (χ4v) is 3.44. The van der Waals surface area contributed by atoms with Crippen LogP contribution in [0.25, 0.3) is 11.0 Å². The van der Waals surface area contributed by atoms with Crippen LogP contribution in [-0.2, 0) is 6.61 Å². The highest BCUT2D eigenvalue weighted by atomic mass is 16.5. The summed E-state index contributed by atoms with van der Waals surface area (Å²) < 4.78 is 11.8. The first-order valence-corrected chi connectivity index (χ1v) is 9.71. The van der Waals surface area contributed by atoms with Crippen LogP contribution in [0.15, 0.2) is 59.0 Å². The van der Waals surface area contributed by atoms with Crippen molar-refractivity contribution in [3.63, 3.8) is 0 Å². The number of nitrogens with zero attached hydrogens (tertiary/aromatic N) is 1. The van der Waals surface area contributed by atoms with E-state index in [1.165, 1.54) is 0 Å². The molecule has 2 aromatic carbocycles. The van der Waals surface area contributed by atoms with E-state index in [1.807, 2.05) is 54.6 Å². The maximum absolute atomic E-state index is 12.8. The van der Waals surface area contributed by atoms with E-state index in [-0.39, 0.29) is 12.5 Å². The van der Waals surface area contributed by atoms with Crippen LogP contribution in [0, 0.1) is 0 Å². The van der Waals surface area contributed by atoms with Crippen LogP contribution < -0.4 is 15.4 Å². The number of para-hydroxylation sites is 2. The third kappa shape index (κ3) is 4.35. The Morgan fingerprint density at radius 3 is 2.64 bits per heavy atom. The van der Waals surface area contributed by atoms with Crippen molar-refractivity contribution < 1.29 is 13.9 Å². The summed E-state index contributed by atoms with van der Waals surface area (Å²) in [4.78, 5) is 15.1. The molecule has 4 rings (SSSR count). The van der Waals surface area contributed by atoms with Crippen molar-refractivity contribution >= 4 is 16.9 Å². The van der Waals surface area contributed by atoms with E-state index in [0.717, 1.165) is 49.4 Å². The van der Waals surface area contributed by atoms with Gasteiger partial charge in [0, 0.05) is 50.2 Å². The minimum atomic E-state index is -0.196. The predicted octanol–water partition coefficient (Wildman–Crippen LogP) is 2.65. The first-order valence-electron chi connectivity index (χ1n) is 9.71. The molecule has 1 fully saturated rings. The number of nitrogens with one attached hydrogen (secondary N) is 2. The van der Waals surface area contributed by atoms with Gasteiger partial charge >= 0.3 is 0 Å². The largest absolute Gasteiger partial charge is 0.489 e. The van der Waals surface area contributed by atoms with E-state index < -0.39 is 0 Å². The molecule has 0 unspecified atom stereocenters. The van der Waals surface area contributed by atoms with Crippen LogP contribution in [0.5, 0.6) is 5.75 Å². The monoisotopic (exact) mass is 379 g/mol. The van der Waals surface area contributed by atoms with E-state index in [4.69, 9.17) is 9.15 Å². The van der Waals surface area contributed by atoms with E-state index in [1.54, 1.807) is 0 Å². The maximum atomic E-state index is 12.8. The van der Waals surface area contributed by atoms with Gasteiger partial charge in [-0.05, 0) is 18.2 Å². The number of hydrogen-bond acceptors (Lipinski definition) is 5. The molecule has 0 atom stereocenters. The lowest BCUT2D eigenvalue weighted by Crippen LogP contribution is -2.46. The lowest BCUT2D eigenvalue weighted by atomic mass is 10.1. The number of piperazine rings is 1. The number of hydrogen-bond donors (Lipinski definition) is 2. The summed E-state index contributed by atoms with van der Waals surface area (Å²) in [7, 11) is 0. The fourth-order valence-electron chi connectivity index (χ4n) is 3.44. The molecule has 6 nitrogen and oxygen atoms in total. The summed E-state index contributed by atoms with van der Waals surface area (Å²) in [6.07, 6.45) is 0. The molecule has 146 valence electrons. The molecule has 1 amide bonds. The number of carbonyl (C=O) groups is 1. The summed E-state index contributed by atoms with van der Waals surface area (Å²) in [5.74, 6) is 0.897. The fraction of sp³-hybridized carbons (Fsp3) is 0.318. The van der Waals surface area contributed by atoms with Crippen LogP contribution >= 0.6 is 0 Å². The Balaban J connectivity index is 1.46. The maximum Gasteiger partial charge on any atom is 0.287 e. The highest BCUT2D eigenvalue weighted by Gasteiger charge is 2.21. The Hall–Kier alpha value is -2.83. The second-order valence-electron chi connectivity index (χ2n) is 6.86. The molecule has 0 aliphatic carbocycles. The third-order valence-corrected chi connectivity index (χ3v) is 4.95. The molecule has 1 aliphatic heterocycles. The van der Waals surface area contributed by atoms with Gasteiger partial charge in [-0.1, -0.05) is 36.4 Å². The lowest BCUT2D eigenvalue weighted by molar-refractivity contribution is 0.0918. The summed E-state index contributed by atoms with van der Waals surface area (Å²) in [6, 6.07) is 17.3. The third-order valence-electron chi connectivity index (χ3n) is 4.95.